The van der Waals surface area contributed by atoms with Crippen molar-refractivity contribution >= 4 is 29.3 Å². The Morgan fingerprint density at radius 1 is 0.919 bits per heavy atom. The van der Waals surface area contributed by atoms with Crippen LogP contribution in [0.3, 0.4) is 0 Å². The highest BCUT2D eigenvalue weighted by molar-refractivity contribution is 7.99. The zero-order valence-electron chi connectivity index (χ0n) is 20.1. The Labute approximate surface area is 217 Å². The zero-order valence-corrected chi connectivity index (χ0v) is 20.9. The highest BCUT2D eigenvalue weighted by Crippen LogP contribution is 2.29. The van der Waals surface area contributed by atoms with Crippen molar-refractivity contribution in [1.29, 1.82) is 0 Å². The fourth-order valence-corrected chi connectivity index (χ4v) is 4.28. The van der Waals surface area contributed by atoms with Gasteiger partial charge >= 0.3 is 0 Å². The van der Waals surface area contributed by atoms with Crippen molar-refractivity contribution in [3.8, 4) is 17.2 Å². The van der Waals surface area contributed by atoms with Gasteiger partial charge in [-0.2, -0.15) is 0 Å². The van der Waals surface area contributed by atoms with Gasteiger partial charge < -0.3 is 20.1 Å². The van der Waals surface area contributed by atoms with Crippen molar-refractivity contribution in [2.45, 2.75) is 11.7 Å². The average molecular weight is 522 g/mol. The second-order valence-corrected chi connectivity index (χ2v) is 8.58. The number of anilines is 1. The Hall–Kier alpha value is -4.38. The second kappa shape index (κ2) is 12.0. The number of ether oxygens (including phenoxy) is 2. The van der Waals surface area contributed by atoms with Crippen LogP contribution in [0, 0.1) is 5.82 Å². The molecule has 0 radical (unpaired) electrons. The largest absolute Gasteiger partial charge is 0.496 e. The molecule has 0 spiro atoms. The summed E-state index contributed by atoms with van der Waals surface area (Å²) < 4.78 is 25.7. The lowest BCUT2D eigenvalue weighted by Gasteiger charge is -2.14. The number of hydrogen-bond acceptors (Lipinski definition) is 7. The number of para-hydroxylation sites is 3. The van der Waals surface area contributed by atoms with Crippen LogP contribution in [0.2, 0.25) is 0 Å². The number of halogens is 1. The summed E-state index contributed by atoms with van der Waals surface area (Å²) >= 11 is 1.16. The van der Waals surface area contributed by atoms with Crippen LogP contribution in [-0.4, -0.2) is 46.6 Å². The molecule has 9 nitrogen and oxygen atoms in total. The first-order valence-corrected chi connectivity index (χ1v) is 12.2. The Bertz CT molecular complexity index is 1390. The normalized spacial score (nSPS) is 10.6. The quantitative estimate of drug-likeness (QED) is 0.303. The topological polar surface area (TPSA) is 107 Å². The fraction of sp³-hybridized carbons (Fsp3) is 0.154. The minimum Gasteiger partial charge on any atom is -0.496 e. The lowest BCUT2D eigenvalue weighted by atomic mass is 10.2. The summed E-state index contributed by atoms with van der Waals surface area (Å²) in [5, 5.41) is 14.5. The van der Waals surface area contributed by atoms with E-state index in [9.17, 15) is 14.0 Å². The predicted molar refractivity (Wildman–Crippen MR) is 138 cm³/mol. The van der Waals surface area contributed by atoms with Crippen molar-refractivity contribution in [3.05, 3.63) is 90.0 Å². The molecular formula is C26H24FN5O4S. The van der Waals surface area contributed by atoms with Crippen molar-refractivity contribution in [2.24, 2.45) is 0 Å². The van der Waals surface area contributed by atoms with E-state index in [0.29, 0.717) is 39.4 Å². The molecule has 0 saturated carbocycles. The molecule has 0 bridgehead atoms. The van der Waals surface area contributed by atoms with Crippen LogP contribution >= 0.6 is 11.8 Å². The molecule has 1 heterocycles. The molecular weight excluding hydrogens is 497 g/mol. The maximum atomic E-state index is 13.1. The fourth-order valence-electron chi connectivity index (χ4n) is 3.51. The molecule has 190 valence electrons. The number of rotatable bonds is 10. The monoisotopic (exact) mass is 521 g/mol. The van der Waals surface area contributed by atoms with E-state index >= 15 is 0 Å². The third-order valence-electron chi connectivity index (χ3n) is 5.25. The van der Waals surface area contributed by atoms with Gasteiger partial charge in [0, 0.05) is 5.69 Å². The van der Waals surface area contributed by atoms with Crippen molar-refractivity contribution in [1.82, 2.24) is 20.1 Å². The van der Waals surface area contributed by atoms with Crippen molar-refractivity contribution in [3.63, 3.8) is 0 Å². The number of carbonyl (C=O) groups is 2. The van der Waals surface area contributed by atoms with Crippen LogP contribution in [0.5, 0.6) is 11.5 Å². The van der Waals surface area contributed by atoms with Crippen LogP contribution in [0.4, 0.5) is 10.1 Å². The van der Waals surface area contributed by atoms with Gasteiger partial charge in [-0.3, -0.25) is 14.2 Å². The molecule has 0 unspecified atom stereocenters. The van der Waals surface area contributed by atoms with Crippen molar-refractivity contribution < 1.29 is 23.5 Å². The molecule has 0 aliphatic heterocycles. The van der Waals surface area contributed by atoms with E-state index in [4.69, 9.17) is 9.47 Å². The SMILES string of the molecule is COc1ccccc1C(=O)NCc1nnc(SCC(=O)Nc2ccc(F)cc2)n1-c1ccccc1OC. The number of amides is 2. The number of benzene rings is 3. The van der Waals surface area contributed by atoms with E-state index in [1.54, 1.807) is 42.0 Å². The Kier molecular flexibility index (Phi) is 8.37. The number of carbonyl (C=O) groups excluding carboxylic acids is 2. The van der Waals surface area contributed by atoms with Gasteiger partial charge in [0.25, 0.3) is 5.91 Å². The van der Waals surface area contributed by atoms with Crippen LogP contribution in [0.1, 0.15) is 16.2 Å². The molecule has 0 fully saturated rings. The van der Waals surface area contributed by atoms with Crippen molar-refractivity contribution in [2.75, 3.05) is 25.3 Å². The highest BCUT2D eigenvalue weighted by Gasteiger charge is 2.20. The van der Waals surface area contributed by atoms with Crippen LogP contribution in [0.15, 0.2) is 78.0 Å². The van der Waals surface area contributed by atoms with Gasteiger partial charge in [0.15, 0.2) is 11.0 Å². The van der Waals surface area contributed by atoms with E-state index in [1.165, 1.54) is 31.4 Å². The number of thioether (sulfide) groups is 1. The molecule has 1 aromatic heterocycles. The minimum atomic E-state index is -0.386. The van der Waals surface area contributed by atoms with Gasteiger partial charge in [-0.25, -0.2) is 4.39 Å². The second-order valence-electron chi connectivity index (χ2n) is 7.63. The third kappa shape index (κ3) is 6.25. The smallest absolute Gasteiger partial charge is 0.255 e. The van der Waals surface area contributed by atoms with Gasteiger partial charge in [-0.05, 0) is 48.5 Å². The maximum absolute atomic E-state index is 13.1. The lowest BCUT2D eigenvalue weighted by Crippen LogP contribution is -2.25. The predicted octanol–water partition coefficient (Wildman–Crippen LogP) is 4.08. The van der Waals surface area contributed by atoms with E-state index < -0.39 is 0 Å². The highest BCUT2D eigenvalue weighted by atomic mass is 32.2. The standard InChI is InChI=1S/C26H24FN5O4S/c1-35-21-9-5-3-7-19(21)25(34)28-15-23-30-31-26(32(23)20-8-4-6-10-22(20)36-2)37-16-24(33)29-18-13-11-17(27)12-14-18/h3-14H,15-16H2,1-2H3,(H,28,34)(H,29,33). The number of nitrogens with one attached hydrogen (secondary N) is 2. The summed E-state index contributed by atoms with van der Waals surface area (Å²) in [7, 11) is 3.05. The van der Waals surface area contributed by atoms with Crippen LogP contribution in [-0.2, 0) is 11.3 Å². The maximum Gasteiger partial charge on any atom is 0.255 e. The van der Waals surface area contributed by atoms with Gasteiger partial charge in [0.2, 0.25) is 5.91 Å². The zero-order chi connectivity index (χ0) is 26.2. The van der Waals surface area contributed by atoms with Gasteiger partial charge in [0.05, 0.1) is 37.8 Å². The third-order valence-corrected chi connectivity index (χ3v) is 6.17. The minimum absolute atomic E-state index is 0.0260. The molecule has 2 N–H and O–H groups in total. The molecule has 4 rings (SSSR count). The lowest BCUT2D eigenvalue weighted by molar-refractivity contribution is -0.113. The first-order valence-electron chi connectivity index (χ1n) is 11.2. The molecule has 3 aromatic carbocycles. The van der Waals surface area contributed by atoms with Gasteiger partial charge in [-0.1, -0.05) is 36.0 Å². The summed E-state index contributed by atoms with van der Waals surface area (Å²) in [5.74, 6) is 0.471. The molecule has 2 amide bonds. The summed E-state index contributed by atoms with van der Waals surface area (Å²) in [4.78, 5) is 25.3. The summed E-state index contributed by atoms with van der Waals surface area (Å²) in [6, 6.07) is 19.7. The first kappa shape index (κ1) is 25.7. The van der Waals surface area contributed by atoms with Gasteiger partial charge in [-0.15, -0.1) is 10.2 Å². The van der Waals surface area contributed by atoms with Gasteiger partial charge in [0.1, 0.15) is 17.3 Å². The van der Waals surface area contributed by atoms with E-state index in [-0.39, 0.29) is 29.9 Å². The Balaban J connectivity index is 1.55. The first-order chi connectivity index (χ1) is 18.0. The summed E-state index contributed by atoms with van der Waals surface area (Å²) in [5.41, 5.74) is 1.52. The van der Waals surface area contributed by atoms with Crippen LogP contribution < -0.4 is 20.1 Å². The molecule has 11 heteroatoms. The Morgan fingerprint density at radius 2 is 1.59 bits per heavy atom. The number of aromatic nitrogens is 3. The molecule has 37 heavy (non-hydrogen) atoms. The van der Waals surface area contributed by atoms with E-state index in [1.807, 2.05) is 18.2 Å². The van der Waals surface area contributed by atoms with E-state index in [0.717, 1.165) is 11.8 Å². The number of nitrogens with zero attached hydrogens (tertiary/aromatic N) is 3. The molecule has 0 saturated heterocycles. The van der Waals surface area contributed by atoms with Crippen LogP contribution in [0.25, 0.3) is 5.69 Å². The summed E-state index contributed by atoms with van der Waals surface area (Å²) in [6.45, 7) is 0.0598. The average Bonchev–Trinajstić information content (AvgIpc) is 3.34. The number of hydrogen-bond donors (Lipinski definition) is 2. The molecule has 0 atom stereocenters. The molecule has 4 aromatic rings. The van der Waals surface area contributed by atoms with E-state index in [2.05, 4.69) is 20.8 Å². The molecule has 0 aliphatic rings. The molecule has 0 aliphatic carbocycles. The number of methoxy groups -OCH3 is 2. The summed E-state index contributed by atoms with van der Waals surface area (Å²) in [6.07, 6.45) is 0. The Morgan fingerprint density at radius 3 is 2.32 bits per heavy atom.